The lowest BCUT2D eigenvalue weighted by Gasteiger charge is -2.40. The second-order valence-corrected chi connectivity index (χ2v) is 7.75. The number of para-hydroxylation sites is 2. The minimum Gasteiger partial charge on any atom is -0.482 e. The van der Waals surface area contributed by atoms with Gasteiger partial charge in [0.15, 0.2) is 6.61 Å². The summed E-state index contributed by atoms with van der Waals surface area (Å²) in [5.74, 6) is 0.708. The largest absolute Gasteiger partial charge is 0.482 e. The Hall–Kier alpha value is -3.56. The number of aromatic nitrogens is 2. The van der Waals surface area contributed by atoms with E-state index in [1.54, 1.807) is 37.1 Å². The molecule has 2 aliphatic heterocycles. The summed E-state index contributed by atoms with van der Waals surface area (Å²) in [4.78, 5) is 55.1. The monoisotopic (exact) mass is 427 g/mol. The second kappa shape index (κ2) is 7.93. The molecule has 2 amide bonds. The van der Waals surface area contributed by atoms with Gasteiger partial charge in [-0.15, -0.1) is 0 Å². The summed E-state index contributed by atoms with van der Waals surface area (Å²) in [6, 6.07) is 7.94. The number of carbonyl (C=O) groups excluding carboxylic acids is 2. The number of amides is 2. The highest BCUT2D eigenvalue weighted by molar-refractivity contribution is 6.03. The lowest BCUT2D eigenvalue weighted by molar-refractivity contribution is -0.135. The van der Waals surface area contributed by atoms with E-state index in [-0.39, 0.29) is 29.7 Å². The number of carbonyl (C=O) groups is 2. The molecule has 2 aliphatic rings. The molecule has 3 heterocycles. The molecule has 0 N–H and O–H groups in total. The highest BCUT2D eigenvalue weighted by Crippen LogP contribution is 2.33. The van der Waals surface area contributed by atoms with Crippen LogP contribution in [0.2, 0.25) is 0 Å². The van der Waals surface area contributed by atoms with Crippen molar-refractivity contribution >= 4 is 23.3 Å². The van der Waals surface area contributed by atoms with Crippen molar-refractivity contribution in [3.63, 3.8) is 0 Å². The van der Waals surface area contributed by atoms with Gasteiger partial charge in [-0.1, -0.05) is 12.1 Å². The van der Waals surface area contributed by atoms with Gasteiger partial charge >= 0.3 is 5.69 Å². The normalized spacial score (nSPS) is 17.3. The van der Waals surface area contributed by atoms with E-state index in [0.717, 1.165) is 4.57 Å². The number of fused-ring (bicyclic) bond motifs is 1. The maximum Gasteiger partial charge on any atom is 0.332 e. The van der Waals surface area contributed by atoms with Crippen molar-refractivity contribution in [2.45, 2.75) is 13.0 Å². The molecule has 1 saturated heterocycles. The minimum atomic E-state index is -0.669. The molecule has 2 aromatic rings. The summed E-state index contributed by atoms with van der Waals surface area (Å²) in [5, 5.41) is 0. The molecule has 4 rings (SSSR count). The maximum absolute atomic E-state index is 13.2. The van der Waals surface area contributed by atoms with Gasteiger partial charge in [-0.05, 0) is 19.1 Å². The van der Waals surface area contributed by atoms with Gasteiger partial charge in [0.1, 0.15) is 17.6 Å². The second-order valence-electron chi connectivity index (χ2n) is 7.75. The molecule has 0 radical (unpaired) electrons. The third-order valence-corrected chi connectivity index (χ3v) is 5.91. The molecule has 0 aliphatic carbocycles. The summed E-state index contributed by atoms with van der Waals surface area (Å²) in [6.07, 6.45) is 0. The summed E-state index contributed by atoms with van der Waals surface area (Å²) < 4.78 is 7.96. The Balaban J connectivity index is 1.49. The average Bonchev–Trinajstić information content (AvgIpc) is 2.79. The molecule has 0 bridgehead atoms. The summed E-state index contributed by atoms with van der Waals surface area (Å²) in [7, 11) is 3.07. The van der Waals surface area contributed by atoms with E-state index < -0.39 is 6.04 Å². The molecule has 10 heteroatoms. The topological polar surface area (TPSA) is 97.1 Å². The van der Waals surface area contributed by atoms with E-state index in [9.17, 15) is 19.2 Å². The quantitative estimate of drug-likeness (QED) is 0.658. The number of hydrogen-bond donors (Lipinski definition) is 0. The Labute approximate surface area is 178 Å². The fraction of sp³-hybridized carbons (Fsp3) is 0.429. The van der Waals surface area contributed by atoms with Crippen LogP contribution in [0.4, 0.5) is 11.5 Å². The standard InChI is InChI=1S/C21H25N5O5/c1-14(26-15-6-4-5-7-16(15)31-13-19(26)28)20(29)25-10-8-24(9-11-25)17-12-18(27)23(3)21(30)22(17)2/h4-7,12,14H,8-11,13H2,1-3H3/t14-/m1/s1. The first-order chi connectivity index (χ1) is 14.8. The zero-order chi connectivity index (χ0) is 22.3. The van der Waals surface area contributed by atoms with Crippen molar-refractivity contribution in [3.05, 3.63) is 51.2 Å². The van der Waals surface area contributed by atoms with Crippen molar-refractivity contribution in [1.82, 2.24) is 14.0 Å². The van der Waals surface area contributed by atoms with Crippen molar-refractivity contribution in [2.75, 3.05) is 42.6 Å². The van der Waals surface area contributed by atoms with Crippen LogP contribution in [0.5, 0.6) is 5.75 Å². The number of piperazine rings is 1. The van der Waals surface area contributed by atoms with Gasteiger partial charge in [-0.3, -0.25) is 28.4 Å². The molecule has 1 atom stereocenters. The molecular formula is C21H25N5O5. The van der Waals surface area contributed by atoms with Gasteiger partial charge in [0.05, 0.1) is 5.69 Å². The first-order valence-electron chi connectivity index (χ1n) is 10.1. The summed E-state index contributed by atoms with van der Waals surface area (Å²) >= 11 is 0. The molecule has 0 spiro atoms. The number of ether oxygens (including phenoxy) is 1. The van der Waals surface area contributed by atoms with E-state index >= 15 is 0 Å². The molecule has 164 valence electrons. The van der Waals surface area contributed by atoms with Crippen LogP contribution in [0.1, 0.15) is 6.92 Å². The third-order valence-electron chi connectivity index (χ3n) is 5.91. The predicted octanol–water partition coefficient (Wildman–Crippen LogP) is -0.453. The lowest BCUT2D eigenvalue weighted by Crippen LogP contribution is -2.57. The Kier molecular flexibility index (Phi) is 5.30. The number of anilines is 2. The third kappa shape index (κ3) is 3.58. The molecule has 1 fully saturated rings. The summed E-state index contributed by atoms with van der Waals surface area (Å²) in [5.41, 5.74) is -0.165. The van der Waals surface area contributed by atoms with Crippen LogP contribution >= 0.6 is 0 Å². The van der Waals surface area contributed by atoms with Crippen LogP contribution in [-0.2, 0) is 23.7 Å². The van der Waals surface area contributed by atoms with Crippen LogP contribution in [0.15, 0.2) is 39.9 Å². The molecule has 31 heavy (non-hydrogen) atoms. The fourth-order valence-corrected chi connectivity index (χ4v) is 4.10. The lowest BCUT2D eigenvalue weighted by atomic mass is 10.1. The zero-order valence-electron chi connectivity index (χ0n) is 17.8. The molecule has 0 unspecified atom stereocenters. The molecule has 1 aromatic heterocycles. The van der Waals surface area contributed by atoms with Crippen LogP contribution in [0.25, 0.3) is 0 Å². The van der Waals surface area contributed by atoms with Crippen LogP contribution in [-0.4, -0.2) is 64.7 Å². The van der Waals surface area contributed by atoms with Gasteiger partial charge in [-0.25, -0.2) is 4.79 Å². The SMILES string of the molecule is C[C@H](C(=O)N1CCN(c2cc(=O)n(C)c(=O)n2C)CC1)N1C(=O)COc2ccccc21. The first kappa shape index (κ1) is 20.7. The first-order valence-corrected chi connectivity index (χ1v) is 10.1. The number of hydrogen-bond acceptors (Lipinski definition) is 6. The van der Waals surface area contributed by atoms with E-state index in [2.05, 4.69) is 0 Å². The van der Waals surface area contributed by atoms with Gasteiger partial charge in [0.2, 0.25) is 5.91 Å². The molecule has 10 nitrogen and oxygen atoms in total. The summed E-state index contributed by atoms with van der Waals surface area (Å²) in [6.45, 7) is 3.43. The van der Waals surface area contributed by atoms with Gasteiger partial charge in [0.25, 0.3) is 11.5 Å². The number of benzene rings is 1. The van der Waals surface area contributed by atoms with Gasteiger partial charge < -0.3 is 14.5 Å². The van der Waals surface area contributed by atoms with Crippen LogP contribution in [0.3, 0.4) is 0 Å². The van der Waals surface area contributed by atoms with Crippen molar-refractivity contribution < 1.29 is 14.3 Å². The molecule has 1 aromatic carbocycles. The van der Waals surface area contributed by atoms with Crippen LogP contribution < -0.4 is 25.8 Å². The molecule has 0 saturated carbocycles. The van der Waals surface area contributed by atoms with E-state index in [4.69, 9.17) is 4.74 Å². The Bertz CT molecular complexity index is 1150. The van der Waals surface area contributed by atoms with E-state index in [0.29, 0.717) is 43.4 Å². The Morgan fingerprint density at radius 1 is 1.00 bits per heavy atom. The van der Waals surface area contributed by atoms with Crippen molar-refractivity contribution in [2.24, 2.45) is 14.1 Å². The van der Waals surface area contributed by atoms with Crippen molar-refractivity contribution in [1.29, 1.82) is 0 Å². The van der Waals surface area contributed by atoms with Crippen molar-refractivity contribution in [3.8, 4) is 5.75 Å². The van der Waals surface area contributed by atoms with Crippen LogP contribution in [0, 0.1) is 0 Å². The fourth-order valence-electron chi connectivity index (χ4n) is 4.10. The average molecular weight is 427 g/mol. The predicted molar refractivity (Wildman–Crippen MR) is 115 cm³/mol. The highest BCUT2D eigenvalue weighted by Gasteiger charge is 2.36. The minimum absolute atomic E-state index is 0.0978. The maximum atomic E-state index is 13.2. The number of nitrogens with zero attached hydrogens (tertiary/aromatic N) is 5. The smallest absolute Gasteiger partial charge is 0.332 e. The molecular weight excluding hydrogens is 402 g/mol. The zero-order valence-corrected chi connectivity index (χ0v) is 17.8. The Morgan fingerprint density at radius 2 is 1.68 bits per heavy atom. The van der Waals surface area contributed by atoms with Gasteiger partial charge in [0, 0.05) is 46.3 Å². The Morgan fingerprint density at radius 3 is 2.39 bits per heavy atom. The van der Waals surface area contributed by atoms with E-state index in [1.807, 2.05) is 11.0 Å². The number of rotatable bonds is 3. The highest BCUT2D eigenvalue weighted by atomic mass is 16.5. The van der Waals surface area contributed by atoms with E-state index in [1.165, 1.54) is 22.6 Å². The van der Waals surface area contributed by atoms with Gasteiger partial charge in [-0.2, -0.15) is 0 Å².